The van der Waals surface area contributed by atoms with Gasteiger partial charge < -0.3 is 5.11 Å². The van der Waals surface area contributed by atoms with Crippen molar-refractivity contribution in [1.82, 2.24) is 4.90 Å². The predicted molar refractivity (Wildman–Crippen MR) is 74.4 cm³/mol. The van der Waals surface area contributed by atoms with Gasteiger partial charge in [-0.15, -0.1) is 0 Å². The second-order valence-corrected chi connectivity index (χ2v) is 5.99. The Morgan fingerprint density at radius 2 is 2.26 bits per heavy atom. The molecule has 1 heterocycles. The van der Waals surface area contributed by atoms with Crippen molar-refractivity contribution in [1.29, 1.82) is 0 Å². The van der Waals surface area contributed by atoms with Gasteiger partial charge in [-0.05, 0) is 59.4 Å². The van der Waals surface area contributed by atoms with Crippen LogP contribution in [0.4, 0.5) is 4.39 Å². The van der Waals surface area contributed by atoms with Crippen LogP contribution in [0.3, 0.4) is 0 Å². The van der Waals surface area contributed by atoms with Gasteiger partial charge in [0.25, 0.3) is 0 Å². The minimum atomic E-state index is -0.780. The molecule has 3 unspecified atom stereocenters. The third kappa shape index (κ3) is 2.82. The Morgan fingerprint density at radius 1 is 1.58 bits per heavy atom. The molecule has 1 N–H and O–H groups in total. The largest absolute Gasteiger partial charge is 0.480 e. The van der Waals surface area contributed by atoms with Gasteiger partial charge in [-0.2, -0.15) is 0 Å². The Bertz CT molecular complexity index is 494. The van der Waals surface area contributed by atoms with Crippen molar-refractivity contribution < 1.29 is 14.3 Å². The summed E-state index contributed by atoms with van der Waals surface area (Å²) in [6.45, 7) is 4.69. The first-order chi connectivity index (χ1) is 8.91. The maximum atomic E-state index is 13.3. The second kappa shape index (κ2) is 5.59. The SMILES string of the molecule is CC1CCN(C(C)c2ccc(F)c(Br)c2)C1C(=O)O. The summed E-state index contributed by atoms with van der Waals surface area (Å²) in [6.07, 6.45) is 0.879. The molecule has 0 amide bonds. The van der Waals surface area contributed by atoms with Crippen LogP contribution in [-0.2, 0) is 4.79 Å². The zero-order chi connectivity index (χ0) is 14.2. The molecule has 1 aromatic rings. The summed E-state index contributed by atoms with van der Waals surface area (Å²) >= 11 is 3.17. The molecule has 0 saturated carbocycles. The topological polar surface area (TPSA) is 40.5 Å². The summed E-state index contributed by atoms with van der Waals surface area (Å²) in [4.78, 5) is 13.3. The van der Waals surface area contributed by atoms with Crippen LogP contribution < -0.4 is 0 Å². The van der Waals surface area contributed by atoms with Crippen LogP contribution in [0.5, 0.6) is 0 Å². The molecule has 0 aliphatic carbocycles. The van der Waals surface area contributed by atoms with Crippen molar-refractivity contribution in [2.45, 2.75) is 32.4 Å². The number of nitrogens with zero attached hydrogens (tertiary/aromatic N) is 1. The molecule has 3 atom stereocenters. The van der Waals surface area contributed by atoms with Crippen LogP contribution >= 0.6 is 15.9 Å². The molecular formula is C14H17BrFNO2. The van der Waals surface area contributed by atoms with Gasteiger partial charge in [-0.1, -0.05) is 13.0 Å². The van der Waals surface area contributed by atoms with E-state index in [0.29, 0.717) is 4.47 Å². The summed E-state index contributed by atoms with van der Waals surface area (Å²) in [5.74, 6) is -0.942. The number of carbonyl (C=O) groups is 1. The Morgan fingerprint density at radius 3 is 2.84 bits per heavy atom. The fraction of sp³-hybridized carbons (Fsp3) is 0.500. The van der Waals surface area contributed by atoms with E-state index in [-0.39, 0.29) is 17.8 Å². The smallest absolute Gasteiger partial charge is 0.321 e. The Balaban J connectivity index is 2.25. The summed E-state index contributed by atoms with van der Waals surface area (Å²) in [7, 11) is 0. The Labute approximate surface area is 120 Å². The first-order valence-electron chi connectivity index (χ1n) is 6.35. The highest BCUT2D eigenvalue weighted by Gasteiger charge is 2.39. The van der Waals surface area contributed by atoms with Crippen LogP contribution in [0.15, 0.2) is 22.7 Å². The molecule has 1 aromatic carbocycles. The lowest BCUT2D eigenvalue weighted by molar-refractivity contribution is -0.144. The van der Waals surface area contributed by atoms with Crippen LogP contribution in [0.1, 0.15) is 31.9 Å². The first kappa shape index (κ1) is 14.5. The minimum Gasteiger partial charge on any atom is -0.480 e. The van der Waals surface area contributed by atoms with Crippen molar-refractivity contribution in [3.8, 4) is 0 Å². The average molecular weight is 330 g/mol. The highest BCUT2D eigenvalue weighted by Crippen LogP contribution is 2.33. The number of likely N-dealkylation sites (tertiary alicyclic amines) is 1. The van der Waals surface area contributed by atoms with Crippen molar-refractivity contribution in [3.05, 3.63) is 34.1 Å². The maximum Gasteiger partial charge on any atom is 0.321 e. The van der Waals surface area contributed by atoms with Crippen molar-refractivity contribution in [3.63, 3.8) is 0 Å². The van der Waals surface area contributed by atoms with Gasteiger partial charge in [0.2, 0.25) is 0 Å². The maximum absolute atomic E-state index is 13.3. The highest BCUT2D eigenvalue weighted by molar-refractivity contribution is 9.10. The number of rotatable bonds is 3. The van der Waals surface area contributed by atoms with E-state index in [2.05, 4.69) is 15.9 Å². The zero-order valence-electron chi connectivity index (χ0n) is 10.9. The van der Waals surface area contributed by atoms with Crippen molar-refractivity contribution in [2.24, 2.45) is 5.92 Å². The van der Waals surface area contributed by atoms with E-state index in [0.717, 1.165) is 18.5 Å². The van der Waals surface area contributed by atoms with Gasteiger partial charge in [0.15, 0.2) is 0 Å². The van der Waals surface area contributed by atoms with Gasteiger partial charge >= 0.3 is 5.97 Å². The number of hydrogen-bond donors (Lipinski definition) is 1. The van der Waals surface area contributed by atoms with Crippen LogP contribution in [0.2, 0.25) is 0 Å². The third-order valence-electron chi connectivity index (χ3n) is 3.92. The molecule has 1 fully saturated rings. The monoisotopic (exact) mass is 329 g/mol. The summed E-state index contributed by atoms with van der Waals surface area (Å²) in [5.41, 5.74) is 0.925. The number of benzene rings is 1. The first-order valence-corrected chi connectivity index (χ1v) is 7.14. The Kier molecular flexibility index (Phi) is 4.26. The normalized spacial score (nSPS) is 25.5. The fourth-order valence-electron chi connectivity index (χ4n) is 2.76. The van der Waals surface area contributed by atoms with Gasteiger partial charge in [0.05, 0.1) is 4.47 Å². The molecular weight excluding hydrogens is 313 g/mol. The summed E-state index contributed by atoms with van der Waals surface area (Å²) in [6, 6.07) is 4.35. The fourth-order valence-corrected chi connectivity index (χ4v) is 3.16. The van der Waals surface area contributed by atoms with E-state index in [9.17, 15) is 14.3 Å². The van der Waals surface area contributed by atoms with E-state index in [1.165, 1.54) is 6.07 Å². The summed E-state index contributed by atoms with van der Waals surface area (Å²) < 4.78 is 13.7. The lowest BCUT2D eigenvalue weighted by Crippen LogP contribution is -2.40. The third-order valence-corrected chi connectivity index (χ3v) is 4.52. The minimum absolute atomic E-state index is 0.0389. The average Bonchev–Trinajstić information content (AvgIpc) is 2.74. The molecule has 5 heteroatoms. The molecule has 104 valence electrons. The van der Waals surface area contributed by atoms with E-state index in [1.807, 2.05) is 18.7 Å². The molecule has 0 bridgehead atoms. The molecule has 3 nitrogen and oxygen atoms in total. The molecule has 1 saturated heterocycles. The molecule has 0 aromatic heterocycles. The van der Waals surface area contributed by atoms with Crippen LogP contribution in [0.25, 0.3) is 0 Å². The van der Waals surface area contributed by atoms with E-state index >= 15 is 0 Å². The number of aliphatic carboxylic acids is 1. The predicted octanol–water partition coefficient (Wildman–Crippen LogP) is 3.44. The van der Waals surface area contributed by atoms with Gasteiger partial charge in [0, 0.05) is 6.04 Å². The van der Waals surface area contributed by atoms with Gasteiger partial charge in [-0.3, -0.25) is 9.69 Å². The van der Waals surface area contributed by atoms with Gasteiger partial charge in [-0.25, -0.2) is 4.39 Å². The lowest BCUT2D eigenvalue weighted by Gasteiger charge is -2.30. The van der Waals surface area contributed by atoms with Gasteiger partial charge in [0.1, 0.15) is 11.9 Å². The molecule has 2 rings (SSSR count). The number of halogens is 2. The number of carboxylic acid groups (broad SMARTS) is 1. The summed E-state index contributed by atoms with van der Waals surface area (Å²) in [5, 5.41) is 9.34. The highest BCUT2D eigenvalue weighted by atomic mass is 79.9. The van der Waals surface area contributed by atoms with E-state index in [1.54, 1.807) is 12.1 Å². The molecule has 1 aliphatic heterocycles. The molecule has 0 spiro atoms. The van der Waals surface area contributed by atoms with Crippen LogP contribution in [-0.4, -0.2) is 28.6 Å². The molecule has 19 heavy (non-hydrogen) atoms. The van der Waals surface area contributed by atoms with E-state index in [4.69, 9.17) is 0 Å². The second-order valence-electron chi connectivity index (χ2n) is 5.14. The van der Waals surface area contributed by atoms with E-state index < -0.39 is 12.0 Å². The standard InChI is InChI=1S/C14H17BrFNO2/c1-8-5-6-17(13(8)14(18)19)9(2)10-3-4-12(16)11(15)7-10/h3-4,7-9,13H,5-6H2,1-2H3,(H,18,19). The van der Waals surface area contributed by atoms with Crippen LogP contribution in [0, 0.1) is 11.7 Å². The molecule has 1 aliphatic rings. The number of hydrogen-bond acceptors (Lipinski definition) is 2. The molecule has 0 radical (unpaired) electrons. The number of carboxylic acids is 1. The van der Waals surface area contributed by atoms with Crippen molar-refractivity contribution in [2.75, 3.05) is 6.54 Å². The zero-order valence-corrected chi connectivity index (χ0v) is 12.5. The lowest BCUT2D eigenvalue weighted by atomic mass is 10.0. The van der Waals surface area contributed by atoms with Crippen molar-refractivity contribution >= 4 is 21.9 Å². The Hall–Kier alpha value is -0.940. The quantitative estimate of drug-likeness (QED) is 0.923.